The van der Waals surface area contributed by atoms with Crippen LogP contribution in [0.4, 0.5) is 23.0 Å². The van der Waals surface area contributed by atoms with Crippen LogP contribution < -0.4 is 20.7 Å². The van der Waals surface area contributed by atoms with Crippen LogP contribution in [0.3, 0.4) is 0 Å². The van der Waals surface area contributed by atoms with Crippen LogP contribution in [0.1, 0.15) is 5.69 Å². The fourth-order valence-corrected chi connectivity index (χ4v) is 4.57. The van der Waals surface area contributed by atoms with Crippen molar-refractivity contribution in [1.29, 1.82) is 0 Å². The first-order chi connectivity index (χ1) is 18.2. The highest BCUT2D eigenvalue weighted by Crippen LogP contribution is 2.40. The molecule has 0 saturated heterocycles. The van der Waals surface area contributed by atoms with E-state index >= 15 is 0 Å². The second-order valence-corrected chi connectivity index (χ2v) is 9.42. The summed E-state index contributed by atoms with van der Waals surface area (Å²) >= 11 is 0. The summed E-state index contributed by atoms with van der Waals surface area (Å²) in [7, 11) is 7.21. The molecule has 1 amide bonds. The molecule has 2 aliphatic rings. The van der Waals surface area contributed by atoms with Crippen molar-refractivity contribution in [2.24, 2.45) is 11.7 Å². The van der Waals surface area contributed by atoms with Crippen LogP contribution >= 0.6 is 0 Å². The zero-order valence-corrected chi connectivity index (χ0v) is 21.9. The first-order valence-corrected chi connectivity index (χ1v) is 12.1. The predicted octanol–water partition coefficient (Wildman–Crippen LogP) is 2.39. The number of methoxy groups -OCH3 is 1. The average Bonchev–Trinajstić information content (AvgIpc) is 3.25. The maximum Gasteiger partial charge on any atom is 0.294 e. The lowest BCUT2D eigenvalue weighted by Gasteiger charge is -2.26. The Bertz CT molecular complexity index is 1310. The minimum atomic E-state index is -0.418. The van der Waals surface area contributed by atoms with E-state index in [2.05, 4.69) is 21.4 Å². The van der Waals surface area contributed by atoms with Crippen molar-refractivity contribution in [3.63, 3.8) is 0 Å². The van der Waals surface area contributed by atoms with Crippen molar-refractivity contribution in [1.82, 2.24) is 19.8 Å². The normalized spacial score (nSPS) is 17.8. The highest BCUT2D eigenvalue weighted by atomic mass is 16.6. The van der Waals surface area contributed by atoms with Crippen molar-refractivity contribution in [2.45, 2.75) is 6.04 Å². The smallest absolute Gasteiger partial charge is 0.294 e. The Morgan fingerprint density at radius 1 is 1.24 bits per heavy atom. The first-order valence-electron chi connectivity index (χ1n) is 12.1. The van der Waals surface area contributed by atoms with Gasteiger partial charge in [-0.1, -0.05) is 24.3 Å². The third kappa shape index (κ3) is 5.75. The molecule has 2 unspecified atom stereocenters. The van der Waals surface area contributed by atoms with Crippen molar-refractivity contribution < 1.29 is 14.5 Å². The summed E-state index contributed by atoms with van der Waals surface area (Å²) in [5.41, 5.74) is 7.79. The molecule has 0 fully saturated rings. The summed E-state index contributed by atoms with van der Waals surface area (Å²) in [4.78, 5) is 37.9. The highest BCUT2D eigenvalue weighted by molar-refractivity contribution is 5.79. The Morgan fingerprint density at radius 3 is 2.68 bits per heavy atom. The van der Waals surface area contributed by atoms with Crippen LogP contribution in [0.2, 0.25) is 0 Å². The van der Waals surface area contributed by atoms with Gasteiger partial charge in [-0.3, -0.25) is 14.9 Å². The van der Waals surface area contributed by atoms with Gasteiger partial charge in [0, 0.05) is 56.2 Å². The molecule has 0 radical (unpaired) electrons. The molecule has 0 spiro atoms. The number of nitrogens with zero attached hydrogens (tertiary/aromatic N) is 6. The summed E-state index contributed by atoms with van der Waals surface area (Å²) in [6, 6.07) is 4.83. The minimum Gasteiger partial charge on any atom is -0.494 e. The van der Waals surface area contributed by atoms with E-state index in [1.807, 2.05) is 60.3 Å². The van der Waals surface area contributed by atoms with Crippen molar-refractivity contribution in [2.75, 3.05) is 58.1 Å². The molecule has 12 heteroatoms. The SMILES string of the molecule is COc1cc(N(C)CCN(C)C)c([N+](=O)[O-])cc1Nc1nccc(C2=CN(CC(N)=O)C3C=CC=CC23)n1. The van der Waals surface area contributed by atoms with Gasteiger partial charge in [0.15, 0.2) is 0 Å². The average molecular weight is 521 g/mol. The lowest BCUT2D eigenvalue weighted by Crippen LogP contribution is -2.37. The number of nitro groups is 1. The molecule has 0 bridgehead atoms. The molecule has 2 heterocycles. The lowest BCUT2D eigenvalue weighted by atomic mass is 9.89. The predicted molar refractivity (Wildman–Crippen MR) is 146 cm³/mol. The zero-order chi connectivity index (χ0) is 27.4. The van der Waals surface area contributed by atoms with E-state index in [1.165, 1.54) is 13.2 Å². The summed E-state index contributed by atoms with van der Waals surface area (Å²) in [5.74, 6) is 0.253. The fraction of sp³-hybridized carbons (Fsp3) is 0.346. The Morgan fingerprint density at radius 2 is 2.00 bits per heavy atom. The van der Waals surface area contributed by atoms with E-state index in [0.717, 1.165) is 12.1 Å². The lowest BCUT2D eigenvalue weighted by molar-refractivity contribution is -0.384. The molecular formula is C26H32N8O4. The van der Waals surface area contributed by atoms with Gasteiger partial charge in [0.1, 0.15) is 11.4 Å². The van der Waals surface area contributed by atoms with Gasteiger partial charge >= 0.3 is 0 Å². The molecule has 2 aromatic rings. The fourth-order valence-electron chi connectivity index (χ4n) is 4.57. The molecule has 1 aliphatic carbocycles. The number of carbonyl (C=O) groups excluding carboxylic acids is 1. The van der Waals surface area contributed by atoms with Gasteiger partial charge < -0.3 is 30.5 Å². The molecule has 4 rings (SSSR count). The molecule has 2 atom stereocenters. The third-order valence-corrected chi connectivity index (χ3v) is 6.48. The minimum absolute atomic E-state index is 0.00490. The molecule has 1 aromatic carbocycles. The Balaban J connectivity index is 1.64. The number of anilines is 3. The number of benzene rings is 1. The summed E-state index contributed by atoms with van der Waals surface area (Å²) in [5, 5.41) is 15.0. The standard InChI is InChI=1S/C26H32N8O4/c1-31(2)11-12-32(3)22-14-24(38-4)20(13-23(22)34(36)37)30-26-28-10-9-19(29-26)18-15-33(16-25(27)35)21-8-6-5-7-17(18)21/h5-10,13-15,17,21H,11-12,16H2,1-4H3,(H2,27,35)(H,28,29,30). The number of hydrogen-bond acceptors (Lipinski definition) is 10. The van der Waals surface area contributed by atoms with Crippen LogP contribution in [0.5, 0.6) is 5.75 Å². The molecule has 3 N–H and O–H groups in total. The quantitative estimate of drug-likeness (QED) is 0.335. The molecule has 12 nitrogen and oxygen atoms in total. The maximum atomic E-state index is 11.9. The molecule has 38 heavy (non-hydrogen) atoms. The van der Waals surface area contributed by atoms with Crippen LogP contribution in [-0.2, 0) is 4.79 Å². The number of allylic oxidation sites excluding steroid dienone is 2. The van der Waals surface area contributed by atoms with E-state index < -0.39 is 10.8 Å². The van der Waals surface area contributed by atoms with Gasteiger partial charge in [-0.15, -0.1) is 0 Å². The summed E-state index contributed by atoms with van der Waals surface area (Å²) < 4.78 is 5.56. The van der Waals surface area contributed by atoms with Gasteiger partial charge in [-0.25, -0.2) is 9.97 Å². The number of ether oxygens (including phenoxy) is 1. The largest absolute Gasteiger partial charge is 0.494 e. The number of hydrogen-bond donors (Lipinski definition) is 2. The molecular weight excluding hydrogens is 488 g/mol. The number of nitrogens with two attached hydrogens (primary N) is 1. The van der Waals surface area contributed by atoms with Crippen molar-refractivity contribution in [3.8, 4) is 5.75 Å². The van der Waals surface area contributed by atoms with Gasteiger partial charge in [0.05, 0.1) is 36.0 Å². The van der Waals surface area contributed by atoms with Crippen LogP contribution in [-0.4, -0.2) is 84.5 Å². The number of primary amides is 1. The number of fused-ring (bicyclic) bond motifs is 1. The number of amides is 1. The van der Waals surface area contributed by atoms with E-state index in [1.54, 1.807) is 18.3 Å². The van der Waals surface area contributed by atoms with Gasteiger partial charge in [-0.2, -0.15) is 0 Å². The number of rotatable bonds is 11. The van der Waals surface area contributed by atoms with Crippen LogP contribution in [0.15, 0.2) is 54.9 Å². The number of nitrogens with one attached hydrogen (secondary N) is 1. The summed E-state index contributed by atoms with van der Waals surface area (Å²) in [6.45, 7) is 1.42. The van der Waals surface area contributed by atoms with Crippen LogP contribution in [0.25, 0.3) is 5.57 Å². The molecule has 200 valence electrons. The van der Waals surface area contributed by atoms with Gasteiger partial charge in [0.2, 0.25) is 11.9 Å². The Labute approximate surface area is 221 Å². The van der Waals surface area contributed by atoms with E-state index in [9.17, 15) is 14.9 Å². The van der Waals surface area contributed by atoms with E-state index in [4.69, 9.17) is 10.5 Å². The third-order valence-electron chi connectivity index (χ3n) is 6.48. The van der Waals surface area contributed by atoms with Gasteiger partial charge in [-0.05, 0) is 20.2 Å². The number of nitro benzene ring substituents is 1. The number of aromatic nitrogens is 2. The Hall–Kier alpha value is -4.45. The second-order valence-electron chi connectivity index (χ2n) is 9.42. The molecule has 1 aromatic heterocycles. The van der Waals surface area contributed by atoms with Crippen molar-refractivity contribution in [3.05, 3.63) is 70.7 Å². The second kappa shape index (κ2) is 11.3. The van der Waals surface area contributed by atoms with E-state index in [0.29, 0.717) is 29.4 Å². The van der Waals surface area contributed by atoms with Crippen molar-refractivity contribution >= 4 is 34.5 Å². The van der Waals surface area contributed by atoms with Gasteiger partial charge in [0.25, 0.3) is 5.69 Å². The number of carbonyl (C=O) groups is 1. The highest BCUT2D eigenvalue weighted by Gasteiger charge is 2.35. The van der Waals surface area contributed by atoms with Crippen LogP contribution in [0, 0.1) is 16.0 Å². The molecule has 1 aliphatic heterocycles. The van der Waals surface area contributed by atoms with E-state index in [-0.39, 0.29) is 30.1 Å². The monoisotopic (exact) mass is 520 g/mol. The topological polar surface area (TPSA) is 143 Å². The summed E-state index contributed by atoms with van der Waals surface area (Å²) in [6.07, 6.45) is 11.5. The first kappa shape index (κ1) is 26.6. The zero-order valence-electron chi connectivity index (χ0n) is 21.9. The Kier molecular flexibility index (Phi) is 7.91. The molecule has 0 saturated carbocycles. The number of likely N-dealkylation sites (N-methyl/N-ethyl adjacent to an activating group) is 2. The maximum absolute atomic E-state index is 11.9.